The lowest BCUT2D eigenvalue weighted by Crippen LogP contribution is -3.00. The summed E-state index contributed by atoms with van der Waals surface area (Å²) in [7, 11) is 0. The number of benzene rings is 1. The average molecular weight is 438 g/mol. The highest BCUT2D eigenvalue weighted by Crippen LogP contribution is 2.20. The minimum absolute atomic E-state index is 0. The molecule has 29 heavy (non-hydrogen) atoms. The smallest absolute Gasteiger partial charge is 0.235 e. The second kappa shape index (κ2) is 17.1. The van der Waals surface area contributed by atoms with Gasteiger partial charge in [0.2, 0.25) is 10.5 Å². The monoisotopic (exact) mass is 437 g/mol. The molecule has 0 amide bonds. The molecule has 166 valence electrons. The number of fused-ring (bicyclic) bond motifs is 1. The van der Waals surface area contributed by atoms with E-state index in [1.54, 1.807) is 0 Å². The first-order valence-electron chi connectivity index (χ1n) is 12.2. The molecule has 0 unspecified atom stereocenters. The van der Waals surface area contributed by atoms with Gasteiger partial charge in [-0.3, -0.25) is 0 Å². The molecule has 2 rings (SSSR count). The largest absolute Gasteiger partial charge is 1.00 e. The molecule has 0 N–H and O–H groups in total. The van der Waals surface area contributed by atoms with Crippen LogP contribution in [0.4, 0.5) is 0 Å². The maximum atomic E-state index is 2.52. The number of halogens is 1. The first-order valence-corrected chi connectivity index (χ1v) is 13.0. The summed E-state index contributed by atoms with van der Waals surface area (Å²) in [6.07, 6.45) is 23.0. The number of hydrogen-bond donors (Lipinski definition) is 0. The van der Waals surface area contributed by atoms with Crippen LogP contribution in [0.15, 0.2) is 24.3 Å². The molecule has 1 heterocycles. The third-order valence-electron chi connectivity index (χ3n) is 6.03. The van der Waals surface area contributed by atoms with Crippen molar-refractivity contribution in [2.75, 3.05) is 0 Å². The van der Waals surface area contributed by atoms with Gasteiger partial charge in [-0.15, -0.1) is 0 Å². The molecule has 0 fully saturated rings. The molecule has 3 heteroatoms. The first kappa shape index (κ1) is 26.4. The average Bonchev–Trinajstić information content (AvgIpc) is 3.03. The Morgan fingerprint density at radius 2 is 1.10 bits per heavy atom. The van der Waals surface area contributed by atoms with Gasteiger partial charge in [-0.25, -0.2) is 0 Å². The Kier molecular flexibility index (Phi) is 15.6. The molecular weight excluding hydrogens is 394 g/mol. The molecule has 2 aromatic rings. The molecule has 0 aliphatic carbocycles. The highest BCUT2D eigenvalue weighted by atomic mass is 35.5. The number of unbranched alkanes of at least 4 members (excludes halogenated alkanes) is 15. The second-order valence-corrected chi connectivity index (χ2v) is 9.78. The molecule has 0 saturated carbocycles. The van der Waals surface area contributed by atoms with Gasteiger partial charge in [-0.05, 0) is 12.5 Å². The summed E-state index contributed by atoms with van der Waals surface area (Å²) in [4.78, 5) is 0. The lowest BCUT2D eigenvalue weighted by Gasteiger charge is -2.03. The number of nitrogens with zero attached hydrogens (tertiary/aromatic N) is 1. The molecule has 0 radical (unpaired) electrons. The minimum atomic E-state index is 0. The van der Waals surface area contributed by atoms with Gasteiger partial charge in [0, 0.05) is 19.4 Å². The van der Waals surface area contributed by atoms with Crippen LogP contribution in [0.5, 0.6) is 0 Å². The standard InChI is InChI=1S/C26H44NS.ClH/c1-3-4-5-6-7-8-9-10-11-12-13-14-15-16-17-20-23-27-24(2)28-26-22-19-18-21-25(26)27;/h18-19,21-22H,3-17,20,23H2,1-2H3;1H/q+1;/p-1. The molecule has 0 atom stereocenters. The molecule has 1 nitrogen and oxygen atoms in total. The quantitative estimate of drug-likeness (QED) is 0.218. The van der Waals surface area contributed by atoms with E-state index in [0.29, 0.717) is 0 Å². The maximum absolute atomic E-state index is 2.52. The Labute approximate surface area is 190 Å². The normalized spacial score (nSPS) is 11.1. The molecule has 0 aliphatic rings. The predicted octanol–water partition coefficient (Wildman–Crippen LogP) is 5.76. The summed E-state index contributed by atoms with van der Waals surface area (Å²) in [5.41, 5.74) is 1.42. The summed E-state index contributed by atoms with van der Waals surface area (Å²) < 4.78 is 3.94. The Morgan fingerprint density at radius 1 is 0.655 bits per heavy atom. The van der Waals surface area contributed by atoms with Crippen molar-refractivity contribution in [3.05, 3.63) is 29.3 Å². The molecular formula is C26H44ClNS. The summed E-state index contributed by atoms with van der Waals surface area (Å²) in [6, 6.07) is 8.83. The highest BCUT2D eigenvalue weighted by Gasteiger charge is 2.15. The van der Waals surface area contributed by atoms with E-state index in [1.807, 2.05) is 11.3 Å². The van der Waals surface area contributed by atoms with Gasteiger partial charge in [-0.1, -0.05) is 120 Å². The van der Waals surface area contributed by atoms with Crippen LogP contribution in [-0.4, -0.2) is 0 Å². The van der Waals surface area contributed by atoms with E-state index in [1.165, 1.54) is 125 Å². The number of rotatable bonds is 17. The van der Waals surface area contributed by atoms with Gasteiger partial charge in [0.05, 0.1) is 0 Å². The summed E-state index contributed by atoms with van der Waals surface area (Å²) >= 11 is 1.93. The fourth-order valence-electron chi connectivity index (χ4n) is 4.25. The van der Waals surface area contributed by atoms with E-state index >= 15 is 0 Å². The van der Waals surface area contributed by atoms with Crippen molar-refractivity contribution in [3.63, 3.8) is 0 Å². The topological polar surface area (TPSA) is 3.88 Å². The third-order valence-corrected chi connectivity index (χ3v) is 7.11. The van der Waals surface area contributed by atoms with E-state index in [4.69, 9.17) is 0 Å². The van der Waals surface area contributed by atoms with Crippen molar-refractivity contribution in [1.82, 2.24) is 0 Å². The fraction of sp³-hybridized carbons (Fsp3) is 0.731. The van der Waals surface area contributed by atoms with Gasteiger partial charge < -0.3 is 12.4 Å². The summed E-state index contributed by atoms with van der Waals surface area (Å²) in [5.74, 6) is 0. The zero-order valence-electron chi connectivity index (χ0n) is 19.1. The number of aromatic nitrogens is 1. The zero-order valence-corrected chi connectivity index (χ0v) is 20.6. The van der Waals surface area contributed by atoms with Crippen LogP contribution in [0.3, 0.4) is 0 Å². The third kappa shape index (κ3) is 10.8. The van der Waals surface area contributed by atoms with Gasteiger partial charge in [0.1, 0.15) is 11.2 Å². The van der Waals surface area contributed by atoms with Gasteiger partial charge in [-0.2, -0.15) is 4.57 Å². The number of para-hydroxylation sites is 1. The van der Waals surface area contributed by atoms with Crippen LogP contribution in [-0.2, 0) is 6.54 Å². The Balaban J connectivity index is 0.00000420. The Morgan fingerprint density at radius 3 is 1.62 bits per heavy atom. The van der Waals surface area contributed by atoms with Gasteiger partial charge >= 0.3 is 0 Å². The molecule has 0 spiro atoms. The maximum Gasteiger partial charge on any atom is 0.235 e. The summed E-state index contributed by atoms with van der Waals surface area (Å²) in [5, 5.41) is 1.45. The van der Waals surface area contributed by atoms with Crippen molar-refractivity contribution in [2.45, 2.75) is 123 Å². The SMILES string of the molecule is CCCCCCCCCCCCCCCCCC[n+]1c(C)sc2ccccc21.[Cl-]. The van der Waals surface area contributed by atoms with E-state index in [-0.39, 0.29) is 12.4 Å². The van der Waals surface area contributed by atoms with Crippen molar-refractivity contribution < 1.29 is 17.0 Å². The van der Waals surface area contributed by atoms with Crippen LogP contribution in [0.25, 0.3) is 10.2 Å². The van der Waals surface area contributed by atoms with E-state index in [2.05, 4.69) is 42.7 Å². The molecule has 0 bridgehead atoms. The number of hydrogen-bond acceptors (Lipinski definition) is 1. The zero-order chi connectivity index (χ0) is 19.9. The Bertz CT molecular complexity index is 637. The summed E-state index contributed by atoms with van der Waals surface area (Å²) in [6.45, 7) is 5.75. The van der Waals surface area contributed by atoms with Crippen LogP contribution in [0.1, 0.15) is 115 Å². The van der Waals surface area contributed by atoms with Gasteiger partial charge in [0.25, 0.3) is 0 Å². The van der Waals surface area contributed by atoms with E-state index in [9.17, 15) is 0 Å². The molecule has 1 aromatic carbocycles. The minimum Gasteiger partial charge on any atom is -1.00 e. The van der Waals surface area contributed by atoms with Crippen LogP contribution < -0.4 is 17.0 Å². The second-order valence-electron chi connectivity index (χ2n) is 8.54. The molecule has 0 saturated heterocycles. The van der Waals surface area contributed by atoms with Crippen LogP contribution >= 0.6 is 11.3 Å². The van der Waals surface area contributed by atoms with Gasteiger partial charge in [0.15, 0.2) is 0 Å². The van der Waals surface area contributed by atoms with Crippen molar-refractivity contribution in [3.8, 4) is 0 Å². The Hall–Kier alpha value is -0.600. The fourth-order valence-corrected chi connectivity index (χ4v) is 5.29. The molecule has 1 aromatic heterocycles. The van der Waals surface area contributed by atoms with Crippen molar-refractivity contribution >= 4 is 21.6 Å². The number of thiazole rings is 1. The first-order chi connectivity index (χ1) is 13.8. The lowest BCUT2D eigenvalue weighted by molar-refractivity contribution is -0.673. The predicted molar refractivity (Wildman–Crippen MR) is 126 cm³/mol. The van der Waals surface area contributed by atoms with Crippen molar-refractivity contribution in [2.24, 2.45) is 0 Å². The number of aryl methyl sites for hydroxylation is 2. The highest BCUT2D eigenvalue weighted by molar-refractivity contribution is 7.18. The lowest BCUT2D eigenvalue weighted by atomic mass is 10.0. The van der Waals surface area contributed by atoms with E-state index in [0.717, 1.165) is 0 Å². The van der Waals surface area contributed by atoms with E-state index < -0.39 is 0 Å². The van der Waals surface area contributed by atoms with Crippen molar-refractivity contribution in [1.29, 1.82) is 0 Å². The molecule has 0 aliphatic heterocycles. The van der Waals surface area contributed by atoms with Crippen LogP contribution in [0, 0.1) is 6.92 Å². The van der Waals surface area contributed by atoms with Crippen LogP contribution in [0.2, 0.25) is 0 Å².